The third-order valence-corrected chi connectivity index (χ3v) is 2.26. The third-order valence-electron chi connectivity index (χ3n) is 2.26. The van der Waals surface area contributed by atoms with Gasteiger partial charge in [-0.3, -0.25) is 4.79 Å². The number of piperazine rings is 1. The van der Waals surface area contributed by atoms with Gasteiger partial charge in [-0.15, -0.1) is 0 Å². The molecule has 0 aromatic carbocycles. The molecule has 1 heterocycles. The van der Waals surface area contributed by atoms with Crippen molar-refractivity contribution in [3.8, 4) is 0 Å². The van der Waals surface area contributed by atoms with Gasteiger partial charge in [0.2, 0.25) is 5.91 Å². The molecule has 4 nitrogen and oxygen atoms in total. The van der Waals surface area contributed by atoms with E-state index in [9.17, 15) is 4.79 Å². The molecule has 0 aromatic heterocycles. The molecule has 0 bridgehead atoms. The fourth-order valence-corrected chi connectivity index (χ4v) is 1.38. The van der Waals surface area contributed by atoms with Gasteiger partial charge >= 0.3 is 0 Å². The molecular weight excluding hydrogens is 166 g/mol. The maximum Gasteiger partial charge on any atom is 0.219 e. The van der Waals surface area contributed by atoms with Crippen LogP contribution in [0.25, 0.3) is 0 Å². The van der Waals surface area contributed by atoms with Crippen molar-refractivity contribution in [2.24, 2.45) is 5.73 Å². The van der Waals surface area contributed by atoms with E-state index in [1.165, 1.54) is 7.05 Å². The second-order valence-electron chi connectivity index (χ2n) is 2.94. The van der Waals surface area contributed by atoms with Crippen LogP contribution in [0, 0.1) is 0 Å². The summed E-state index contributed by atoms with van der Waals surface area (Å²) < 4.78 is 0. The molecule has 13 heavy (non-hydrogen) atoms. The Kier molecular flexibility index (Phi) is 6.54. The van der Waals surface area contributed by atoms with Gasteiger partial charge in [0, 0.05) is 33.1 Å². The minimum absolute atomic E-state index is 0.209. The molecule has 78 valence electrons. The number of rotatable bonds is 1. The number of likely N-dealkylation sites (N-methyl/N-ethyl adjacent to an activating group) is 1. The normalized spacial score (nSPS) is 17.7. The largest absolute Gasteiger partial charge is 0.340 e. The molecule has 1 aliphatic heterocycles. The summed E-state index contributed by atoms with van der Waals surface area (Å²) in [4.78, 5) is 15.2. The van der Waals surface area contributed by atoms with Crippen molar-refractivity contribution in [3.05, 3.63) is 0 Å². The van der Waals surface area contributed by atoms with E-state index >= 15 is 0 Å². The van der Waals surface area contributed by atoms with Crippen molar-refractivity contribution in [3.63, 3.8) is 0 Å². The molecule has 4 heteroatoms. The predicted octanol–water partition coefficient (Wildman–Crippen LogP) is -0.255. The van der Waals surface area contributed by atoms with Gasteiger partial charge in [0.15, 0.2) is 0 Å². The van der Waals surface area contributed by atoms with E-state index in [0.29, 0.717) is 0 Å². The van der Waals surface area contributed by atoms with Gasteiger partial charge in [-0.1, -0.05) is 6.92 Å². The SMILES string of the molecule is CCN1CCN(C(C)=O)CC1.CN. The minimum Gasteiger partial charge on any atom is -0.340 e. The molecule has 1 rings (SSSR count). The monoisotopic (exact) mass is 187 g/mol. The lowest BCUT2D eigenvalue weighted by atomic mass is 10.3. The van der Waals surface area contributed by atoms with Crippen LogP contribution in [0.2, 0.25) is 0 Å². The minimum atomic E-state index is 0.209. The van der Waals surface area contributed by atoms with Gasteiger partial charge in [0.25, 0.3) is 0 Å². The number of carbonyl (C=O) groups is 1. The zero-order chi connectivity index (χ0) is 10.3. The molecular formula is C9H21N3O. The Bertz CT molecular complexity index is 142. The van der Waals surface area contributed by atoms with Crippen LogP contribution in [0.3, 0.4) is 0 Å². The summed E-state index contributed by atoms with van der Waals surface area (Å²) in [6, 6.07) is 0. The number of amides is 1. The fraction of sp³-hybridized carbons (Fsp3) is 0.889. The highest BCUT2D eigenvalue weighted by molar-refractivity contribution is 5.73. The van der Waals surface area contributed by atoms with Crippen LogP contribution in [0.15, 0.2) is 0 Å². The second kappa shape index (κ2) is 6.86. The quantitative estimate of drug-likeness (QED) is 0.615. The zero-order valence-corrected chi connectivity index (χ0v) is 8.92. The first-order valence-electron chi connectivity index (χ1n) is 4.79. The summed E-state index contributed by atoms with van der Waals surface area (Å²) in [6.45, 7) is 8.79. The highest BCUT2D eigenvalue weighted by Gasteiger charge is 2.16. The number of hydrogen-bond acceptors (Lipinski definition) is 3. The summed E-state index contributed by atoms with van der Waals surface area (Å²) in [6.07, 6.45) is 0. The molecule has 0 spiro atoms. The molecule has 1 fully saturated rings. The van der Waals surface area contributed by atoms with E-state index in [1.54, 1.807) is 6.92 Å². The van der Waals surface area contributed by atoms with E-state index in [4.69, 9.17) is 0 Å². The molecule has 0 radical (unpaired) electrons. The van der Waals surface area contributed by atoms with Gasteiger partial charge in [-0.05, 0) is 13.6 Å². The van der Waals surface area contributed by atoms with E-state index in [2.05, 4.69) is 17.6 Å². The summed E-state index contributed by atoms with van der Waals surface area (Å²) in [5, 5.41) is 0. The Morgan fingerprint density at radius 2 is 1.69 bits per heavy atom. The van der Waals surface area contributed by atoms with Crippen molar-refractivity contribution < 1.29 is 4.79 Å². The predicted molar refractivity (Wildman–Crippen MR) is 54.5 cm³/mol. The lowest BCUT2D eigenvalue weighted by Gasteiger charge is -2.33. The van der Waals surface area contributed by atoms with Crippen LogP contribution in [0.4, 0.5) is 0 Å². The van der Waals surface area contributed by atoms with Crippen molar-refractivity contribution in [2.75, 3.05) is 39.8 Å². The lowest BCUT2D eigenvalue weighted by Crippen LogP contribution is -2.47. The van der Waals surface area contributed by atoms with Gasteiger partial charge in [-0.25, -0.2) is 0 Å². The number of nitrogens with two attached hydrogens (primary N) is 1. The van der Waals surface area contributed by atoms with Crippen LogP contribution in [0.5, 0.6) is 0 Å². The Morgan fingerprint density at radius 1 is 1.23 bits per heavy atom. The van der Waals surface area contributed by atoms with E-state index in [0.717, 1.165) is 32.7 Å². The lowest BCUT2D eigenvalue weighted by molar-refractivity contribution is -0.130. The average molecular weight is 187 g/mol. The van der Waals surface area contributed by atoms with Gasteiger partial charge in [0.05, 0.1) is 0 Å². The summed E-state index contributed by atoms with van der Waals surface area (Å²) in [5.74, 6) is 0.209. The highest BCUT2D eigenvalue weighted by Crippen LogP contribution is 2.00. The smallest absolute Gasteiger partial charge is 0.219 e. The van der Waals surface area contributed by atoms with Crippen molar-refractivity contribution >= 4 is 5.91 Å². The van der Waals surface area contributed by atoms with Gasteiger partial charge in [0.1, 0.15) is 0 Å². The molecule has 0 aromatic rings. The third kappa shape index (κ3) is 4.24. The molecule has 2 N–H and O–H groups in total. The van der Waals surface area contributed by atoms with E-state index in [-0.39, 0.29) is 5.91 Å². The molecule has 0 saturated carbocycles. The van der Waals surface area contributed by atoms with Crippen LogP contribution >= 0.6 is 0 Å². The van der Waals surface area contributed by atoms with Crippen molar-refractivity contribution in [2.45, 2.75) is 13.8 Å². The molecule has 1 saturated heterocycles. The van der Waals surface area contributed by atoms with Gasteiger partial charge in [-0.2, -0.15) is 0 Å². The van der Waals surface area contributed by atoms with Crippen LogP contribution in [-0.2, 0) is 4.79 Å². The first-order valence-corrected chi connectivity index (χ1v) is 4.79. The molecule has 0 aliphatic carbocycles. The Morgan fingerprint density at radius 3 is 2.00 bits per heavy atom. The van der Waals surface area contributed by atoms with Gasteiger partial charge < -0.3 is 15.5 Å². The topological polar surface area (TPSA) is 49.6 Å². The Labute approximate surface area is 80.7 Å². The van der Waals surface area contributed by atoms with Crippen LogP contribution in [0.1, 0.15) is 13.8 Å². The maximum atomic E-state index is 10.9. The Hall–Kier alpha value is -0.610. The maximum absolute atomic E-state index is 10.9. The van der Waals surface area contributed by atoms with Crippen molar-refractivity contribution in [1.82, 2.24) is 9.80 Å². The van der Waals surface area contributed by atoms with E-state index < -0.39 is 0 Å². The zero-order valence-electron chi connectivity index (χ0n) is 8.92. The van der Waals surface area contributed by atoms with E-state index in [1.807, 2.05) is 4.90 Å². The molecule has 1 amide bonds. The summed E-state index contributed by atoms with van der Waals surface area (Å²) >= 11 is 0. The fourth-order valence-electron chi connectivity index (χ4n) is 1.38. The average Bonchev–Trinajstić information content (AvgIpc) is 2.21. The van der Waals surface area contributed by atoms with Crippen LogP contribution < -0.4 is 5.73 Å². The summed E-state index contributed by atoms with van der Waals surface area (Å²) in [5.41, 5.74) is 4.50. The van der Waals surface area contributed by atoms with Crippen molar-refractivity contribution in [1.29, 1.82) is 0 Å². The molecule has 0 atom stereocenters. The highest BCUT2D eigenvalue weighted by atomic mass is 16.2. The second-order valence-corrected chi connectivity index (χ2v) is 2.94. The molecule has 1 aliphatic rings. The number of nitrogens with zero attached hydrogens (tertiary/aromatic N) is 2. The summed E-state index contributed by atoms with van der Waals surface area (Å²) in [7, 11) is 1.50. The first kappa shape index (κ1) is 12.4. The number of carbonyl (C=O) groups excluding carboxylic acids is 1. The molecule has 0 unspecified atom stereocenters. The standard InChI is InChI=1S/C8H16N2O.CH5N/c1-3-9-4-6-10(7-5-9)8(2)11;1-2/h3-7H2,1-2H3;2H2,1H3. The first-order chi connectivity index (χ1) is 6.24. The number of hydrogen-bond donors (Lipinski definition) is 1. The Balaban J connectivity index is 0.000000671. The van der Waals surface area contributed by atoms with Crippen LogP contribution in [-0.4, -0.2) is 55.5 Å².